The standard InChI is InChI=1S/C26H35FN6O3.H2S/c1-17-9-20-12-28-33(24(20)10-23(17)19-3-5-31(6-4-19)13-21(27)15-34)26-11-25(29-18(2)30-26)32-7-8-36-22(14-32)16-35;/h9-12,19,21-22,34-35H,3-8,13-16H2,1-2H3;1H2/t21?,22-;/m0./s1. The molecule has 4 heterocycles. The Balaban J connectivity index is 0.00000320. The molecule has 3 aromatic rings. The average molecular weight is 533 g/mol. The van der Waals surface area contributed by atoms with E-state index in [1.165, 1.54) is 11.1 Å². The maximum atomic E-state index is 13.6. The number of aliphatic hydroxyl groups is 2. The van der Waals surface area contributed by atoms with E-state index in [-0.39, 0.29) is 26.2 Å². The minimum absolute atomic E-state index is 0. The van der Waals surface area contributed by atoms with Crippen molar-refractivity contribution >= 4 is 30.2 Å². The molecule has 0 bridgehead atoms. The van der Waals surface area contributed by atoms with Gasteiger partial charge in [0.05, 0.1) is 37.6 Å². The van der Waals surface area contributed by atoms with E-state index < -0.39 is 12.8 Å². The Kier molecular flexibility index (Phi) is 9.02. The topological polar surface area (TPSA) is 99.8 Å². The lowest BCUT2D eigenvalue weighted by molar-refractivity contribution is 0.00335. The molecule has 0 radical (unpaired) electrons. The molecule has 1 aromatic carbocycles. The highest BCUT2D eigenvalue weighted by Gasteiger charge is 2.25. The molecular formula is C26H37FN6O3S. The Labute approximate surface area is 223 Å². The third-order valence-corrected chi connectivity index (χ3v) is 7.33. The molecule has 0 aliphatic carbocycles. The minimum Gasteiger partial charge on any atom is -0.394 e. The number of ether oxygens (including phenoxy) is 1. The highest BCUT2D eigenvalue weighted by molar-refractivity contribution is 7.59. The summed E-state index contributed by atoms with van der Waals surface area (Å²) >= 11 is 0. The highest BCUT2D eigenvalue weighted by atomic mass is 32.1. The van der Waals surface area contributed by atoms with Crippen molar-refractivity contribution in [1.82, 2.24) is 24.6 Å². The van der Waals surface area contributed by atoms with Crippen LogP contribution in [0.4, 0.5) is 10.2 Å². The lowest BCUT2D eigenvalue weighted by Gasteiger charge is -2.33. The Morgan fingerprint density at radius 3 is 2.57 bits per heavy atom. The number of hydrogen-bond acceptors (Lipinski definition) is 8. The molecule has 2 atom stereocenters. The maximum absolute atomic E-state index is 13.6. The summed E-state index contributed by atoms with van der Waals surface area (Å²) in [5.41, 5.74) is 3.54. The van der Waals surface area contributed by atoms with Crippen molar-refractivity contribution in [3.8, 4) is 5.82 Å². The number of anilines is 1. The van der Waals surface area contributed by atoms with Crippen molar-refractivity contribution in [1.29, 1.82) is 0 Å². The first-order chi connectivity index (χ1) is 17.4. The number of halogens is 1. The zero-order valence-electron chi connectivity index (χ0n) is 21.5. The molecule has 1 unspecified atom stereocenters. The molecule has 11 heteroatoms. The van der Waals surface area contributed by atoms with Gasteiger partial charge in [0.15, 0.2) is 5.82 Å². The number of aromatic nitrogens is 4. The van der Waals surface area contributed by atoms with Crippen LogP contribution in [0.1, 0.15) is 35.7 Å². The SMILES string of the molecule is Cc1nc(N2CCO[C@H](CO)C2)cc(-n2ncc3cc(C)c(C4CCN(CC(F)CO)CC4)cc32)n1.S. The van der Waals surface area contributed by atoms with Crippen LogP contribution in [0.2, 0.25) is 0 Å². The van der Waals surface area contributed by atoms with E-state index in [0.717, 1.165) is 42.7 Å². The molecular weight excluding hydrogens is 495 g/mol. The predicted octanol–water partition coefficient (Wildman–Crippen LogP) is 2.25. The quantitative estimate of drug-likeness (QED) is 0.478. The smallest absolute Gasteiger partial charge is 0.159 e. The van der Waals surface area contributed by atoms with Crippen molar-refractivity contribution in [3.63, 3.8) is 0 Å². The van der Waals surface area contributed by atoms with Gasteiger partial charge in [-0.25, -0.2) is 19.0 Å². The molecule has 2 fully saturated rings. The highest BCUT2D eigenvalue weighted by Crippen LogP contribution is 2.33. The van der Waals surface area contributed by atoms with Crippen LogP contribution in [0, 0.1) is 13.8 Å². The first kappa shape index (κ1) is 27.7. The van der Waals surface area contributed by atoms with Crippen LogP contribution in [0.3, 0.4) is 0 Å². The molecule has 0 spiro atoms. The first-order valence-electron chi connectivity index (χ1n) is 12.7. The van der Waals surface area contributed by atoms with Crippen LogP contribution in [0.25, 0.3) is 16.7 Å². The van der Waals surface area contributed by atoms with E-state index in [1.807, 2.05) is 23.9 Å². The van der Waals surface area contributed by atoms with Crippen LogP contribution in [-0.2, 0) is 4.74 Å². The molecule has 2 aliphatic heterocycles. The fourth-order valence-corrected chi connectivity index (χ4v) is 5.44. The van der Waals surface area contributed by atoms with Crippen molar-refractivity contribution in [2.45, 2.75) is 44.9 Å². The van der Waals surface area contributed by atoms with Gasteiger partial charge in [0, 0.05) is 31.1 Å². The van der Waals surface area contributed by atoms with Gasteiger partial charge in [-0.05, 0) is 69.0 Å². The maximum Gasteiger partial charge on any atom is 0.159 e. The van der Waals surface area contributed by atoms with E-state index >= 15 is 0 Å². The second-order valence-electron chi connectivity index (χ2n) is 9.93. The summed E-state index contributed by atoms with van der Waals surface area (Å²) in [4.78, 5) is 13.6. The van der Waals surface area contributed by atoms with Crippen molar-refractivity contribution in [2.24, 2.45) is 0 Å². The molecule has 37 heavy (non-hydrogen) atoms. The first-order valence-corrected chi connectivity index (χ1v) is 12.7. The normalized spacial score (nSPS) is 20.2. The number of aryl methyl sites for hydroxylation is 2. The van der Waals surface area contributed by atoms with E-state index in [2.05, 4.69) is 38.9 Å². The summed E-state index contributed by atoms with van der Waals surface area (Å²) in [6.45, 7) is 7.36. The molecule has 0 amide bonds. The predicted molar refractivity (Wildman–Crippen MR) is 146 cm³/mol. The van der Waals surface area contributed by atoms with E-state index in [1.54, 1.807) is 0 Å². The number of likely N-dealkylation sites (tertiary alicyclic amines) is 1. The Hall–Kier alpha value is -2.31. The third-order valence-electron chi connectivity index (χ3n) is 7.33. The largest absolute Gasteiger partial charge is 0.394 e. The summed E-state index contributed by atoms with van der Waals surface area (Å²) < 4.78 is 21.1. The van der Waals surface area contributed by atoms with Gasteiger partial charge in [-0.2, -0.15) is 18.6 Å². The molecule has 202 valence electrons. The van der Waals surface area contributed by atoms with Crippen LogP contribution in [0.15, 0.2) is 24.4 Å². The van der Waals surface area contributed by atoms with Gasteiger partial charge >= 0.3 is 0 Å². The molecule has 2 aliphatic rings. The second-order valence-corrected chi connectivity index (χ2v) is 9.93. The fraction of sp³-hybridized carbons (Fsp3) is 0.577. The lowest BCUT2D eigenvalue weighted by atomic mass is 9.86. The van der Waals surface area contributed by atoms with Crippen LogP contribution < -0.4 is 4.90 Å². The third kappa shape index (κ3) is 6.06. The van der Waals surface area contributed by atoms with Gasteiger partial charge in [-0.3, -0.25) is 0 Å². The number of benzene rings is 1. The Morgan fingerprint density at radius 1 is 1.08 bits per heavy atom. The zero-order valence-corrected chi connectivity index (χ0v) is 22.5. The monoisotopic (exact) mass is 532 g/mol. The molecule has 9 nitrogen and oxygen atoms in total. The summed E-state index contributed by atoms with van der Waals surface area (Å²) in [6, 6.07) is 6.37. The van der Waals surface area contributed by atoms with Gasteiger partial charge in [0.1, 0.15) is 17.8 Å². The lowest BCUT2D eigenvalue weighted by Crippen LogP contribution is -2.44. The minimum atomic E-state index is -1.18. The molecule has 2 saturated heterocycles. The molecule has 2 aromatic heterocycles. The molecule has 5 rings (SSSR count). The van der Waals surface area contributed by atoms with Gasteiger partial charge < -0.3 is 24.7 Å². The molecule has 2 N–H and O–H groups in total. The van der Waals surface area contributed by atoms with Gasteiger partial charge in [0.2, 0.25) is 0 Å². The number of morpholine rings is 1. The summed E-state index contributed by atoms with van der Waals surface area (Å²) in [7, 11) is 0. The number of fused-ring (bicyclic) bond motifs is 1. The summed E-state index contributed by atoms with van der Waals surface area (Å²) in [5, 5.41) is 24.3. The van der Waals surface area contributed by atoms with Crippen LogP contribution >= 0.6 is 13.5 Å². The van der Waals surface area contributed by atoms with Gasteiger partial charge in [-0.1, -0.05) is 0 Å². The van der Waals surface area contributed by atoms with E-state index in [4.69, 9.17) is 14.8 Å². The zero-order chi connectivity index (χ0) is 25.2. The number of hydrogen-bond donors (Lipinski definition) is 2. The fourth-order valence-electron chi connectivity index (χ4n) is 5.44. The summed E-state index contributed by atoms with van der Waals surface area (Å²) in [6.07, 6.45) is 2.39. The number of aliphatic hydroxyl groups excluding tert-OH is 2. The van der Waals surface area contributed by atoms with Crippen LogP contribution in [0.5, 0.6) is 0 Å². The average Bonchev–Trinajstić information content (AvgIpc) is 3.31. The van der Waals surface area contributed by atoms with Crippen molar-refractivity contribution in [2.75, 3.05) is 57.4 Å². The number of nitrogens with zero attached hydrogens (tertiary/aromatic N) is 6. The Bertz CT molecular complexity index is 1200. The van der Waals surface area contributed by atoms with E-state index in [9.17, 15) is 9.50 Å². The van der Waals surface area contributed by atoms with Gasteiger partial charge in [0.25, 0.3) is 0 Å². The second kappa shape index (κ2) is 12.0. The number of alkyl halides is 1. The number of rotatable bonds is 7. The van der Waals surface area contributed by atoms with Gasteiger partial charge in [-0.15, -0.1) is 0 Å². The Morgan fingerprint density at radius 2 is 1.84 bits per heavy atom. The van der Waals surface area contributed by atoms with Crippen molar-refractivity contribution < 1.29 is 19.3 Å². The van der Waals surface area contributed by atoms with Crippen LogP contribution in [-0.4, -0.2) is 99.7 Å². The number of piperidine rings is 1. The summed E-state index contributed by atoms with van der Waals surface area (Å²) in [5.74, 6) is 2.57. The molecule has 0 saturated carbocycles. The van der Waals surface area contributed by atoms with Crippen molar-refractivity contribution in [3.05, 3.63) is 41.3 Å². The van der Waals surface area contributed by atoms with E-state index in [0.29, 0.717) is 43.8 Å².